The molecule has 1 aromatic heterocycles. The molecule has 0 bridgehead atoms. The van der Waals surface area contributed by atoms with Crippen molar-refractivity contribution in [1.82, 2.24) is 9.88 Å². The summed E-state index contributed by atoms with van der Waals surface area (Å²) in [5.74, 6) is 0.858. The van der Waals surface area contributed by atoms with Gasteiger partial charge in [-0.25, -0.2) is 4.98 Å². The average molecular weight is 452 g/mol. The van der Waals surface area contributed by atoms with Crippen molar-refractivity contribution in [3.63, 3.8) is 0 Å². The molecule has 0 aliphatic carbocycles. The van der Waals surface area contributed by atoms with Crippen LogP contribution in [0.2, 0.25) is 0 Å². The summed E-state index contributed by atoms with van der Waals surface area (Å²) in [6.07, 6.45) is 0. The predicted molar refractivity (Wildman–Crippen MR) is 138 cm³/mol. The lowest BCUT2D eigenvalue weighted by atomic mass is 10.0. The fourth-order valence-electron chi connectivity index (χ4n) is 4.66. The van der Waals surface area contributed by atoms with E-state index < -0.39 is 0 Å². The maximum atomic E-state index is 13.7. The number of hydrogen-bond donors (Lipinski definition) is 0. The highest BCUT2D eigenvalue weighted by Gasteiger charge is 2.25. The Bertz CT molecular complexity index is 1340. The van der Waals surface area contributed by atoms with Crippen LogP contribution in [-0.4, -0.2) is 49.1 Å². The summed E-state index contributed by atoms with van der Waals surface area (Å²) in [6, 6.07) is 24.0. The SMILES string of the molecule is COc1ccc(-c2cc(C(=O)N3CCN(c4cccc(C)c4C)CC3)c3ccccc3n2)cc1. The largest absolute Gasteiger partial charge is 0.497 e. The Morgan fingerprint density at radius 1 is 0.882 bits per heavy atom. The Balaban J connectivity index is 1.43. The molecule has 0 saturated carbocycles. The number of carbonyl (C=O) groups is 1. The molecule has 172 valence electrons. The van der Waals surface area contributed by atoms with Crippen molar-refractivity contribution in [3.05, 3.63) is 89.5 Å². The number of rotatable bonds is 4. The second-order valence-electron chi connectivity index (χ2n) is 8.80. The number of hydrogen-bond acceptors (Lipinski definition) is 4. The second-order valence-corrected chi connectivity index (χ2v) is 8.80. The minimum Gasteiger partial charge on any atom is -0.497 e. The first kappa shape index (κ1) is 22.0. The molecule has 0 radical (unpaired) electrons. The van der Waals surface area contributed by atoms with E-state index in [0.29, 0.717) is 18.7 Å². The van der Waals surface area contributed by atoms with Gasteiger partial charge in [-0.05, 0) is 67.4 Å². The molecule has 1 fully saturated rings. The number of carbonyl (C=O) groups excluding carboxylic acids is 1. The number of para-hydroxylation sites is 1. The van der Waals surface area contributed by atoms with Crippen molar-refractivity contribution in [3.8, 4) is 17.0 Å². The number of methoxy groups -OCH3 is 1. The Morgan fingerprint density at radius 2 is 1.62 bits per heavy atom. The molecule has 34 heavy (non-hydrogen) atoms. The summed E-state index contributed by atoms with van der Waals surface area (Å²) < 4.78 is 5.29. The van der Waals surface area contributed by atoms with Gasteiger partial charge in [0.25, 0.3) is 5.91 Å². The standard InChI is InChI=1S/C29H29N3O2/c1-20-7-6-10-28(21(20)2)31-15-17-32(18-16-31)29(33)25-19-27(22-11-13-23(34-3)14-12-22)30-26-9-5-4-8-24(25)26/h4-14,19H,15-18H2,1-3H3. The number of pyridine rings is 1. The molecule has 5 heteroatoms. The fourth-order valence-corrected chi connectivity index (χ4v) is 4.66. The van der Waals surface area contributed by atoms with E-state index in [1.165, 1.54) is 16.8 Å². The lowest BCUT2D eigenvalue weighted by Crippen LogP contribution is -2.49. The summed E-state index contributed by atoms with van der Waals surface area (Å²) in [5.41, 5.74) is 7.16. The molecule has 0 atom stereocenters. The summed E-state index contributed by atoms with van der Waals surface area (Å²) in [6.45, 7) is 7.36. The van der Waals surface area contributed by atoms with Crippen molar-refractivity contribution >= 4 is 22.5 Å². The first-order valence-corrected chi connectivity index (χ1v) is 11.7. The van der Waals surface area contributed by atoms with Crippen LogP contribution < -0.4 is 9.64 Å². The summed E-state index contributed by atoms with van der Waals surface area (Å²) in [7, 11) is 1.65. The van der Waals surface area contributed by atoms with Crippen LogP contribution in [-0.2, 0) is 0 Å². The van der Waals surface area contributed by atoms with Gasteiger partial charge in [0.05, 0.1) is 23.9 Å². The molecule has 0 spiro atoms. The Hall–Kier alpha value is -3.86. The van der Waals surface area contributed by atoms with Crippen LogP contribution in [0.25, 0.3) is 22.2 Å². The topological polar surface area (TPSA) is 45.7 Å². The number of aromatic nitrogens is 1. The minimum atomic E-state index is 0.0639. The van der Waals surface area contributed by atoms with Gasteiger partial charge in [0.2, 0.25) is 0 Å². The molecule has 1 amide bonds. The Morgan fingerprint density at radius 3 is 2.35 bits per heavy atom. The van der Waals surface area contributed by atoms with Gasteiger partial charge in [-0.15, -0.1) is 0 Å². The first-order valence-electron chi connectivity index (χ1n) is 11.7. The van der Waals surface area contributed by atoms with Gasteiger partial charge in [0.1, 0.15) is 5.75 Å². The first-order chi connectivity index (χ1) is 16.5. The number of aryl methyl sites for hydroxylation is 1. The van der Waals surface area contributed by atoms with Crippen LogP contribution in [0.3, 0.4) is 0 Å². The zero-order chi connectivity index (χ0) is 23.7. The smallest absolute Gasteiger partial charge is 0.254 e. The highest BCUT2D eigenvalue weighted by atomic mass is 16.5. The molecular weight excluding hydrogens is 422 g/mol. The molecule has 2 heterocycles. The van der Waals surface area contributed by atoms with Crippen LogP contribution in [0.4, 0.5) is 5.69 Å². The number of anilines is 1. The van der Waals surface area contributed by atoms with Gasteiger partial charge < -0.3 is 14.5 Å². The van der Waals surface area contributed by atoms with Gasteiger partial charge in [-0.3, -0.25) is 4.79 Å². The van der Waals surface area contributed by atoms with E-state index in [0.717, 1.165) is 41.0 Å². The zero-order valence-electron chi connectivity index (χ0n) is 19.9. The highest BCUT2D eigenvalue weighted by molar-refractivity contribution is 6.07. The quantitative estimate of drug-likeness (QED) is 0.412. The van der Waals surface area contributed by atoms with Gasteiger partial charge in [-0.1, -0.05) is 30.3 Å². The molecule has 1 aliphatic heterocycles. The van der Waals surface area contributed by atoms with Crippen molar-refractivity contribution in [2.45, 2.75) is 13.8 Å². The van der Waals surface area contributed by atoms with Gasteiger partial charge >= 0.3 is 0 Å². The Kier molecular flexibility index (Phi) is 5.93. The molecular formula is C29H29N3O2. The van der Waals surface area contributed by atoms with E-state index in [1.807, 2.05) is 59.5 Å². The number of nitrogens with zero attached hydrogens (tertiary/aromatic N) is 3. The normalized spacial score (nSPS) is 13.9. The van der Waals surface area contributed by atoms with Crippen LogP contribution in [0.5, 0.6) is 5.75 Å². The van der Waals surface area contributed by atoms with Crippen LogP contribution >= 0.6 is 0 Å². The number of ether oxygens (including phenoxy) is 1. The van der Waals surface area contributed by atoms with Crippen LogP contribution in [0.1, 0.15) is 21.5 Å². The van der Waals surface area contributed by atoms with Gasteiger partial charge in [0, 0.05) is 42.8 Å². The maximum absolute atomic E-state index is 13.7. The van der Waals surface area contributed by atoms with E-state index in [-0.39, 0.29) is 5.91 Å². The second kappa shape index (κ2) is 9.18. The highest BCUT2D eigenvalue weighted by Crippen LogP contribution is 2.28. The lowest BCUT2D eigenvalue weighted by molar-refractivity contribution is 0.0748. The van der Waals surface area contributed by atoms with Crippen molar-refractivity contribution in [1.29, 1.82) is 0 Å². The third kappa shape index (κ3) is 4.10. The van der Waals surface area contributed by atoms with Gasteiger partial charge in [0.15, 0.2) is 0 Å². The summed E-state index contributed by atoms with van der Waals surface area (Å²) in [4.78, 5) is 22.9. The van der Waals surface area contributed by atoms with Crippen molar-refractivity contribution in [2.24, 2.45) is 0 Å². The summed E-state index contributed by atoms with van der Waals surface area (Å²) in [5, 5.41) is 0.890. The van der Waals surface area contributed by atoms with E-state index in [4.69, 9.17) is 9.72 Å². The van der Waals surface area contributed by atoms with E-state index in [2.05, 4.69) is 36.9 Å². The molecule has 5 rings (SSSR count). The Labute approximate surface area is 200 Å². The molecule has 1 aliphatic rings. The monoisotopic (exact) mass is 451 g/mol. The number of benzene rings is 3. The minimum absolute atomic E-state index is 0.0639. The maximum Gasteiger partial charge on any atom is 0.254 e. The van der Waals surface area contributed by atoms with Crippen molar-refractivity contribution < 1.29 is 9.53 Å². The van der Waals surface area contributed by atoms with Crippen LogP contribution in [0, 0.1) is 13.8 Å². The van der Waals surface area contributed by atoms with Gasteiger partial charge in [-0.2, -0.15) is 0 Å². The molecule has 0 N–H and O–H groups in total. The molecule has 3 aromatic carbocycles. The van der Waals surface area contributed by atoms with E-state index >= 15 is 0 Å². The summed E-state index contributed by atoms with van der Waals surface area (Å²) >= 11 is 0. The van der Waals surface area contributed by atoms with Crippen molar-refractivity contribution in [2.75, 3.05) is 38.2 Å². The third-order valence-corrected chi connectivity index (χ3v) is 6.82. The molecule has 5 nitrogen and oxygen atoms in total. The number of piperazine rings is 1. The molecule has 1 saturated heterocycles. The molecule has 0 unspecified atom stereocenters. The van der Waals surface area contributed by atoms with E-state index in [1.54, 1.807) is 7.11 Å². The lowest BCUT2D eigenvalue weighted by Gasteiger charge is -2.37. The predicted octanol–water partition coefficient (Wildman–Crippen LogP) is 5.49. The van der Waals surface area contributed by atoms with E-state index in [9.17, 15) is 4.79 Å². The average Bonchev–Trinajstić information content (AvgIpc) is 2.89. The van der Waals surface area contributed by atoms with Crippen LogP contribution in [0.15, 0.2) is 72.8 Å². The number of fused-ring (bicyclic) bond motifs is 1. The zero-order valence-corrected chi connectivity index (χ0v) is 19.9. The fraction of sp³-hybridized carbons (Fsp3) is 0.241. The molecule has 4 aromatic rings. The third-order valence-electron chi connectivity index (χ3n) is 6.82. The number of amides is 1.